The minimum absolute atomic E-state index is 0.105. The molecule has 0 saturated heterocycles. The molecular formula is C21H32N2O2. The molecule has 4 nitrogen and oxygen atoms in total. The third kappa shape index (κ3) is 5.13. The average Bonchev–Trinajstić information content (AvgIpc) is 2.54. The van der Waals surface area contributed by atoms with Crippen LogP contribution >= 0.6 is 0 Å². The molecule has 1 aromatic carbocycles. The van der Waals surface area contributed by atoms with Crippen LogP contribution in [0.3, 0.4) is 0 Å². The van der Waals surface area contributed by atoms with E-state index in [4.69, 9.17) is 4.74 Å². The molecule has 4 heteroatoms. The predicted octanol–water partition coefficient (Wildman–Crippen LogP) is 4.52. The normalized spacial score (nSPS) is 21.6. The Morgan fingerprint density at radius 1 is 1.20 bits per heavy atom. The van der Waals surface area contributed by atoms with Crippen LogP contribution in [0.5, 0.6) is 0 Å². The summed E-state index contributed by atoms with van der Waals surface area (Å²) in [6, 6.07) is 8.73. The number of carbonyl (C=O) groups is 1. The van der Waals surface area contributed by atoms with Crippen molar-refractivity contribution >= 4 is 11.8 Å². The fourth-order valence-corrected chi connectivity index (χ4v) is 4.11. The zero-order valence-corrected chi connectivity index (χ0v) is 15.9. The van der Waals surface area contributed by atoms with E-state index < -0.39 is 5.60 Å². The topological polar surface area (TPSA) is 41.6 Å². The molecule has 1 aliphatic carbocycles. The van der Waals surface area contributed by atoms with Gasteiger partial charge in [0.1, 0.15) is 5.60 Å². The number of amides is 1. The number of fused-ring (bicyclic) bond motifs is 1. The Balaban J connectivity index is 1.68. The highest BCUT2D eigenvalue weighted by atomic mass is 16.6. The number of carbonyl (C=O) groups excluding carboxylic acids is 1. The van der Waals surface area contributed by atoms with Crippen LogP contribution in [0, 0.1) is 5.92 Å². The Hall–Kier alpha value is -1.71. The molecule has 0 radical (unpaired) electrons. The first kappa shape index (κ1) is 18.1. The van der Waals surface area contributed by atoms with Crippen molar-refractivity contribution < 1.29 is 9.53 Å². The Labute approximate surface area is 151 Å². The maximum Gasteiger partial charge on any atom is 0.407 e. The quantitative estimate of drug-likeness (QED) is 0.876. The van der Waals surface area contributed by atoms with Gasteiger partial charge in [0.15, 0.2) is 0 Å². The number of anilines is 1. The second-order valence-corrected chi connectivity index (χ2v) is 8.59. The number of rotatable bonds is 3. The van der Waals surface area contributed by atoms with Gasteiger partial charge in [-0.3, -0.25) is 0 Å². The molecule has 3 rings (SSSR count). The maximum absolute atomic E-state index is 12.2. The van der Waals surface area contributed by atoms with E-state index in [2.05, 4.69) is 34.5 Å². The van der Waals surface area contributed by atoms with Gasteiger partial charge >= 0.3 is 6.09 Å². The minimum atomic E-state index is -0.460. The molecular weight excluding hydrogens is 312 g/mol. The first-order valence-electron chi connectivity index (χ1n) is 9.73. The summed E-state index contributed by atoms with van der Waals surface area (Å²) < 4.78 is 5.45. The molecule has 1 aliphatic heterocycles. The summed E-state index contributed by atoms with van der Waals surface area (Å²) in [6.07, 6.45) is 7.34. The van der Waals surface area contributed by atoms with Crippen LogP contribution < -0.4 is 10.2 Å². The molecule has 1 saturated carbocycles. The van der Waals surface area contributed by atoms with Gasteiger partial charge in [0, 0.05) is 18.8 Å². The third-order valence-electron chi connectivity index (χ3n) is 5.16. The number of benzene rings is 1. The number of ether oxygens (including phenoxy) is 1. The summed E-state index contributed by atoms with van der Waals surface area (Å²) >= 11 is 0. The van der Waals surface area contributed by atoms with Crippen LogP contribution in [0.15, 0.2) is 24.3 Å². The largest absolute Gasteiger partial charge is 0.444 e. The standard InChI is InChI=1S/C21H32N2O2/c1-21(2,3)25-20(24)22-18-13-17-11-7-8-12-19(17)23(15-18)14-16-9-5-4-6-10-16/h7-8,11-12,16,18H,4-6,9-10,13-15H2,1-3H3,(H,22,24). The lowest BCUT2D eigenvalue weighted by Gasteiger charge is -2.39. The molecule has 138 valence electrons. The zero-order valence-electron chi connectivity index (χ0n) is 15.9. The van der Waals surface area contributed by atoms with Gasteiger partial charge in [-0.2, -0.15) is 0 Å². The Kier molecular flexibility index (Phi) is 5.55. The summed E-state index contributed by atoms with van der Waals surface area (Å²) in [6.45, 7) is 7.67. The lowest BCUT2D eigenvalue weighted by atomic mass is 9.87. The van der Waals surface area contributed by atoms with E-state index in [9.17, 15) is 4.79 Å². The molecule has 1 heterocycles. The smallest absolute Gasteiger partial charge is 0.407 e. The van der Waals surface area contributed by atoms with Gasteiger partial charge in [0.05, 0.1) is 6.04 Å². The summed E-state index contributed by atoms with van der Waals surface area (Å²) in [7, 11) is 0. The summed E-state index contributed by atoms with van der Waals surface area (Å²) in [5, 5.41) is 3.08. The number of para-hydroxylation sites is 1. The second kappa shape index (κ2) is 7.67. The molecule has 25 heavy (non-hydrogen) atoms. The van der Waals surface area contributed by atoms with E-state index in [0.717, 1.165) is 25.4 Å². The number of nitrogens with zero attached hydrogens (tertiary/aromatic N) is 1. The zero-order chi connectivity index (χ0) is 17.9. The van der Waals surface area contributed by atoms with Gasteiger partial charge in [-0.1, -0.05) is 37.5 Å². The van der Waals surface area contributed by atoms with Crippen molar-refractivity contribution in [3.05, 3.63) is 29.8 Å². The van der Waals surface area contributed by atoms with Crippen molar-refractivity contribution in [3.8, 4) is 0 Å². The van der Waals surface area contributed by atoms with Crippen molar-refractivity contribution in [2.45, 2.75) is 70.9 Å². The summed E-state index contributed by atoms with van der Waals surface area (Å²) in [5.74, 6) is 0.780. The molecule has 0 aromatic heterocycles. The van der Waals surface area contributed by atoms with Crippen LogP contribution in [0.1, 0.15) is 58.4 Å². The van der Waals surface area contributed by atoms with Gasteiger partial charge < -0.3 is 15.0 Å². The Morgan fingerprint density at radius 2 is 1.92 bits per heavy atom. The number of alkyl carbamates (subject to hydrolysis) is 1. The Morgan fingerprint density at radius 3 is 2.64 bits per heavy atom. The van der Waals surface area contributed by atoms with Crippen molar-refractivity contribution in [3.63, 3.8) is 0 Å². The van der Waals surface area contributed by atoms with Crippen LogP contribution in [0.2, 0.25) is 0 Å². The highest BCUT2D eigenvalue weighted by Crippen LogP contribution is 2.31. The molecule has 1 unspecified atom stereocenters. The van der Waals surface area contributed by atoms with Gasteiger partial charge in [-0.25, -0.2) is 4.79 Å². The molecule has 1 N–H and O–H groups in total. The SMILES string of the molecule is CC(C)(C)OC(=O)NC1Cc2ccccc2N(CC2CCCCC2)C1. The summed E-state index contributed by atoms with van der Waals surface area (Å²) in [5.41, 5.74) is 2.21. The molecule has 1 atom stereocenters. The Bertz CT molecular complexity index is 588. The van der Waals surface area contributed by atoms with E-state index in [0.29, 0.717) is 0 Å². The van der Waals surface area contributed by atoms with Gasteiger partial charge in [0.2, 0.25) is 0 Å². The van der Waals surface area contributed by atoms with Crippen LogP contribution in [0.25, 0.3) is 0 Å². The lowest BCUT2D eigenvalue weighted by Crippen LogP contribution is -2.50. The van der Waals surface area contributed by atoms with E-state index in [1.165, 1.54) is 43.4 Å². The van der Waals surface area contributed by atoms with Crippen molar-refractivity contribution in [2.24, 2.45) is 5.92 Å². The fraction of sp³-hybridized carbons (Fsp3) is 0.667. The minimum Gasteiger partial charge on any atom is -0.444 e. The van der Waals surface area contributed by atoms with Crippen LogP contribution in [-0.2, 0) is 11.2 Å². The fourth-order valence-electron chi connectivity index (χ4n) is 4.11. The van der Waals surface area contributed by atoms with E-state index >= 15 is 0 Å². The maximum atomic E-state index is 12.2. The van der Waals surface area contributed by atoms with Crippen molar-refractivity contribution in [1.82, 2.24) is 5.32 Å². The first-order valence-corrected chi connectivity index (χ1v) is 9.73. The van der Waals surface area contributed by atoms with Crippen molar-refractivity contribution in [2.75, 3.05) is 18.0 Å². The highest BCUT2D eigenvalue weighted by Gasteiger charge is 2.28. The van der Waals surface area contributed by atoms with E-state index in [-0.39, 0.29) is 12.1 Å². The van der Waals surface area contributed by atoms with Gasteiger partial charge in [-0.05, 0) is 57.6 Å². The highest BCUT2D eigenvalue weighted by molar-refractivity contribution is 5.69. The van der Waals surface area contributed by atoms with Gasteiger partial charge in [0.25, 0.3) is 0 Å². The lowest BCUT2D eigenvalue weighted by molar-refractivity contribution is 0.0504. The molecule has 2 aliphatic rings. The molecule has 1 fully saturated rings. The first-order chi connectivity index (χ1) is 11.9. The molecule has 1 aromatic rings. The second-order valence-electron chi connectivity index (χ2n) is 8.59. The molecule has 1 amide bonds. The summed E-state index contributed by atoms with van der Waals surface area (Å²) in [4.78, 5) is 14.7. The number of nitrogens with one attached hydrogen (secondary N) is 1. The van der Waals surface area contributed by atoms with Crippen LogP contribution in [0.4, 0.5) is 10.5 Å². The molecule has 0 spiro atoms. The number of hydrogen-bond acceptors (Lipinski definition) is 3. The monoisotopic (exact) mass is 344 g/mol. The van der Waals surface area contributed by atoms with Gasteiger partial charge in [-0.15, -0.1) is 0 Å². The predicted molar refractivity (Wildman–Crippen MR) is 102 cm³/mol. The number of hydrogen-bond donors (Lipinski definition) is 1. The van der Waals surface area contributed by atoms with Crippen molar-refractivity contribution in [1.29, 1.82) is 0 Å². The van der Waals surface area contributed by atoms with E-state index in [1.54, 1.807) is 0 Å². The third-order valence-corrected chi connectivity index (χ3v) is 5.16. The average molecular weight is 344 g/mol. The van der Waals surface area contributed by atoms with E-state index in [1.807, 2.05) is 20.8 Å². The van der Waals surface area contributed by atoms with Crippen LogP contribution in [-0.4, -0.2) is 30.8 Å². The molecule has 0 bridgehead atoms.